The smallest absolute Gasteiger partial charge is 0.412 e. The Hall–Kier alpha value is -2.55. The summed E-state index contributed by atoms with van der Waals surface area (Å²) in [5.41, 5.74) is 0.0666. The lowest BCUT2D eigenvalue weighted by Crippen LogP contribution is -2.42. The number of nitrogens with one attached hydrogen (secondary N) is 2. The molecule has 1 aliphatic rings. The van der Waals surface area contributed by atoms with Crippen LogP contribution in [0.1, 0.15) is 34.6 Å². The Morgan fingerprint density at radius 3 is 2.33 bits per heavy atom. The third-order valence-corrected chi connectivity index (χ3v) is 3.79. The summed E-state index contributed by atoms with van der Waals surface area (Å²) in [6, 6.07) is 4.96. The summed E-state index contributed by atoms with van der Waals surface area (Å²) >= 11 is 3.35. The highest BCUT2D eigenvalue weighted by Gasteiger charge is 2.38. The van der Waals surface area contributed by atoms with Crippen molar-refractivity contribution in [1.82, 2.24) is 0 Å². The number of halogens is 1. The van der Waals surface area contributed by atoms with Crippen LogP contribution >= 0.6 is 15.9 Å². The lowest BCUT2D eigenvalue weighted by atomic mass is 10.2. The van der Waals surface area contributed by atoms with Crippen molar-refractivity contribution in [2.45, 2.75) is 46.0 Å². The fraction of sp³-hybridized carbons (Fsp3) is 0.389. The van der Waals surface area contributed by atoms with Crippen LogP contribution in [0.3, 0.4) is 0 Å². The molecule has 1 fully saturated rings. The van der Waals surface area contributed by atoms with Gasteiger partial charge in [0.1, 0.15) is 5.60 Å². The van der Waals surface area contributed by atoms with Crippen molar-refractivity contribution in [2.75, 3.05) is 10.6 Å². The van der Waals surface area contributed by atoms with Gasteiger partial charge in [-0.15, -0.1) is 0 Å². The molecular formula is C18H21BrN2O6. The number of cyclic esters (lactones) is 2. The van der Waals surface area contributed by atoms with E-state index >= 15 is 0 Å². The van der Waals surface area contributed by atoms with Gasteiger partial charge in [0.25, 0.3) is 5.79 Å². The first-order valence-corrected chi connectivity index (χ1v) is 8.88. The zero-order valence-electron chi connectivity index (χ0n) is 15.6. The SMILES string of the molecule is CC(C)(C)OC(=O)Nc1ccc(Br)c(NC=C2C(=O)OC(C)(C)OC2=O)c1. The van der Waals surface area contributed by atoms with Gasteiger partial charge >= 0.3 is 18.0 Å². The summed E-state index contributed by atoms with van der Waals surface area (Å²) in [7, 11) is 0. The van der Waals surface area contributed by atoms with E-state index in [0.29, 0.717) is 15.8 Å². The maximum atomic E-state index is 12.0. The van der Waals surface area contributed by atoms with Gasteiger partial charge in [0.15, 0.2) is 5.57 Å². The first-order chi connectivity index (χ1) is 12.4. The molecule has 0 aliphatic carbocycles. The largest absolute Gasteiger partial charge is 0.444 e. The number of anilines is 2. The van der Waals surface area contributed by atoms with Gasteiger partial charge in [0.05, 0.1) is 5.69 Å². The molecule has 8 nitrogen and oxygen atoms in total. The number of hydrogen-bond donors (Lipinski definition) is 2. The van der Waals surface area contributed by atoms with E-state index in [0.717, 1.165) is 0 Å². The predicted molar refractivity (Wildman–Crippen MR) is 102 cm³/mol. The average molecular weight is 441 g/mol. The Morgan fingerprint density at radius 2 is 1.78 bits per heavy atom. The molecule has 0 unspecified atom stereocenters. The molecule has 146 valence electrons. The molecule has 1 aliphatic heterocycles. The van der Waals surface area contributed by atoms with Crippen LogP contribution in [0.25, 0.3) is 0 Å². The van der Waals surface area contributed by atoms with Gasteiger partial charge in [0.2, 0.25) is 0 Å². The Kier molecular flexibility index (Phi) is 5.84. The third kappa shape index (κ3) is 5.99. The molecular weight excluding hydrogens is 420 g/mol. The molecule has 0 bridgehead atoms. The van der Waals surface area contributed by atoms with Crippen LogP contribution in [-0.2, 0) is 23.8 Å². The van der Waals surface area contributed by atoms with E-state index in [1.807, 2.05) is 0 Å². The quantitative estimate of drug-likeness (QED) is 0.416. The normalized spacial score (nSPS) is 16.1. The zero-order chi connectivity index (χ0) is 20.4. The van der Waals surface area contributed by atoms with Crippen LogP contribution in [-0.4, -0.2) is 29.4 Å². The second-order valence-corrected chi connectivity index (χ2v) is 8.06. The molecule has 27 heavy (non-hydrogen) atoms. The molecule has 0 saturated carbocycles. The van der Waals surface area contributed by atoms with E-state index in [1.54, 1.807) is 39.0 Å². The average Bonchev–Trinajstić information content (AvgIpc) is 2.46. The van der Waals surface area contributed by atoms with Crippen molar-refractivity contribution in [3.63, 3.8) is 0 Å². The van der Waals surface area contributed by atoms with Crippen molar-refractivity contribution in [1.29, 1.82) is 0 Å². The lowest BCUT2D eigenvalue weighted by Gasteiger charge is -2.29. The van der Waals surface area contributed by atoms with Gasteiger partial charge in [-0.25, -0.2) is 14.4 Å². The van der Waals surface area contributed by atoms with E-state index < -0.39 is 29.4 Å². The minimum Gasteiger partial charge on any atom is -0.444 e. The first-order valence-electron chi connectivity index (χ1n) is 8.09. The van der Waals surface area contributed by atoms with Gasteiger partial charge in [-0.2, -0.15) is 0 Å². The fourth-order valence-electron chi connectivity index (χ4n) is 2.06. The minimum atomic E-state index is -1.30. The van der Waals surface area contributed by atoms with Crippen molar-refractivity contribution in [2.24, 2.45) is 0 Å². The van der Waals surface area contributed by atoms with Gasteiger partial charge in [-0.3, -0.25) is 5.32 Å². The summed E-state index contributed by atoms with van der Waals surface area (Å²) in [5, 5.41) is 5.44. The molecule has 1 amide bonds. The second kappa shape index (κ2) is 7.59. The van der Waals surface area contributed by atoms with Crippen LogP contribution in [0.15, 0.2) is 34.4 Å². The molecule has 1 saturated heterocycles. The third-order valence-electron chi connectivity index (χ3n) is 3.10. The molecule has 1 heterocycles. The Labute approximate surface area is 165 Å². The van der Waals surface area contributed by atoms with Gasteiger partial charge in [-0.05, 0) is 54.9 Å². The number of hydrogen-bond acceptors (Lipinski definition) is 7. The number of esters is 2. The minimum absolute atomic E-state index is 0.272. The molecule has 1 aromatic carbocycles. The zero-order valence-corrected chi connectivity index (χ0v) is 17.2. The molecule has 0 spiro atoms. The maximum absolute atomic E-state index is 12.0. The first kappa shape index (κ1) is 20.8. The molecule has 2 N–H and O–H groups in total. The molecule has 2 rings (SSSR count). The number of carbonyl (C=O) groups is 3. The highest BCUT2D eigenvalue weighted by Crippen LogP contribution is 2.28. The highest BCUT2D eigenvalue weighted by molar-refractivity contribution is 9.10. The Bertz CT molecular complexity index is 789. The standard InChI is InChI=1S/C18H21BrN2O6/c1-17(2,3)27-16(24)21-10-6-7-12(19)13(8-10)20-9-11-14(22)25-18(4,5)26-15(11)23/h6-9,20H,1-5H3,(H,21,24). The molecule has 9 heteroatoms. The molecule has 0 radical (unpaired) electrons. The van der Waals surface area contributed by atoms with Gasteiger partial charge in [0, 0.05) is 30.2 Å². The molecule has 1 aromatic rings. The monoisotopic (exact) mass is 440 g/mol. The van der Waals surface area contributed by atoms with Crippen molar-refractivity contribution < 1.29 is 28.6 Å². The predicted octanol–water partition coefficient (Wildman–Crippen LogP) is 3.93. The topological polar surface area (TPSA) is 103 Å². The summed E-state index contributed by atoms with van der Waals surface area (Å²) in [6.45, 7) is 8.22. The Balaban J connectivity index is 2.14. The van der Waals surface area contributed by atoms with Crippen LogP contribution in [0.4, 0.5) is 16.2 Å². The van der Waals surface area contributed by atoms with E-state index in [9.17, 15) is 14.4 Å². The van der Waals surface area contributed by atoms with E-state index in [1.165, 1.54) is 20.0 Å². The number of rotatable bonds is 3. The van der Waals surface area contributed by atoms with Gasteiger partial charge < -0.3 is 19.5 Å². The van der Waals surface area contributed by atoms with E-state index in [2.05, 4.69) is 26.6 Å². The highest BCUT2D eigenvalue weighted by atomic mass is 79.9. The van der Waals surface area contributed by atoms with Gasteiger partial charge in [-0.1, -0.05) is 0 Å². The molecule has 0 atom stereocenters. The van der Waals surface area contributed by atoms with Crippen LogP contribution in [0.5, 0.6) is 0 Å². The number of carbonyl (C=O) groups excluding carboxylic acids is 3. The van der Waals surface area contributed by atoms with Crippen LogP contribution in [0.2, 0.25) is 0 Å². The summed E-state index contributed by atoms with van der Waals surface area (Å²) in [6.07, 6.45) is 0.591. The van der Waals surface area contributed by atoms with Crippen molar-refractivity contribution >= 4 is 45.3 Å². The summed E-state index contributed by atoms with van der Waals surface area (Å²) in [5.74, 6) is -2.88. The van der Waals surface area contributed by atoms with Crippen LogP contribution in [0, 0.1) is 0 Å². The summed E-state index contributed by atoms with van der Waals surface area (Å²) < 4.78 is 15.9. The van der Waals surface area contributed by atoms with Crippen molar-refractivity contribution in [3.8, 4) is 0 Å². The maximum Gasteiger partial charge on any atom is 0.412 e. The number of amides is 1. The fourth-order valence-corrected chi connectivity index (χ4v) is 2.42. The lowest BCUT2D eigenvalue weighted by molar-refractivity contribution is -0.222. The number of ether oxygens (including phenoxy) is 3. The number of benzene rings is 1. The molecule has 0 aromatic heterocycles. The van der Waals surface area contributed by atoms with E-state index in [-0.39, 0.29) is 5.57 Å². The Morgan fingerprint density at radius 1 is 1.19 bits per heavy atom. The summed E-state index contributed by atoms with van der Waals surface area (Å²) in [4.78, 5) is 35.8. The van der Waals surface area contributed by atoms with Crippen LogP contribution < -0.4 is 10.6 Å². The van der Waals surface area contributed by atoms with E-state index in [4.69, 9.17) is 14.2 Å². The second-order valence-electron chi connectivity index (χ2n) is 7.20. The van der Waals surface area contributed by atoms with Crippen molar-refractivity contribution in [3.05, 3.63) is 34.4 Å².